The number of amides is 1. The molecule has 0 saturated heterocycles. The predicted octanol–water partition coefficient (Wildman–Crippen LogP) is 3.16. The highest BCUT2D eigenvalue weighted by Gasteiger charge is 2.29. The van der Waals surface area contributed by atoms with Crippen LogP contribution in [0, 0.1) is 11.7 Å². The van der Waals surface area contributed by atoms with Gasteiger partial charge in [0.1, 0.15) is 17.6 Å². The number of hydrogen-bond acceptors (Lipinski definition) is 7. The van der Waals surface area contributed by atoms with Gasteiger partial charge in [-0.1, -0.05) is 26.0 Å². The van der Waals surface area contributed by atoms with Gasteiger partial charge in [0.15, 0.2) is 10.8 Å². The summed E-state index contributed by atoms with van der Waals surface area (Å²) in [6, 6.07) is 4.55. The van der Waals surface area contributed by atoms with Crippen LogP contribution in [0.2, 0.25) is 0 Å². The molecule has 0 aliphatic rings. The monoisotopic (exact) mass is 448 g/mol. The van der Waals surface area contributed by atoms with Crippen LogP contribution in [0.15, 0.2) is 34.4 Å². The van der Waals surface area contributed by atoms with Gasteiger partial charge >= 0.3 is 11.7 Å². The molecular weight excluding hydrogens is 427 g/mol. The number of nitrogens with one attached hydrogen (secondary N) is 2. The zero-order valence-electron chi connectivity index (χ0n) is 17.0. The maximum absolute atomic E-state index is 14.2. The second kappa shape index (κ2) is 9.13. The van der Waals surface area contributed by atoms with Gasteiger partial charge in [-0.25, -0.2) is 19.0 Å². The average molecular weight is 448 g/mol. The summed E-state index contributed by atoms with van der Waals surface area (Å²) in [5.74, 6) is -2.46. The lowest BCUT2D eigenvalue weighted by atomic mass is 10.0. The Kier molecular flexibility index (Phi) is 6.54. The van der Waals surface area contributed by atoms with Crippen molar-refractivity contribution in [2.45, 2.75) is 26.3 Å². The third kappa shape index (κ3) is 4.66. The number of benzene rings is 1. The zero-order valence-corrected chi connectivity index (χ0v) is 17.8. The van der Waals surface area contributed by atoms with Gasteiger partial charge in [0.2, 0.25) is 11.8 Å². The van der Waals surface area contributed by atoms with Gasteiger partial charge < -0.3 is 20.1 Å². The summed E-state index contributed by atoms with van der Waals surface area (Å²) in [4.78, 5) is 43.6. The largest absolute Gasteiger partial charge is 0.493 e. The zero-order chi connectivity index (χ0) is 22.7. The molecular formula is C20H21FN4O5S. The summed E-state index contributed by atoms with van der Waals surface area (Å²) in [5, 5.41) is 14.8. The van der Waals surface area contributed by atoms with Crippen LogP contribution >= 0.6 is 11.3 Å². The molecule has 0 aliphatic carbocycles. The number of ether oxygens (including phenoxy) is 1. The highest BCUT2D eigenvalue weighted by Crippen LogP contribution is 2.32. The second-order valence-electron chi connectivity index (χ2n) is 7.14. The van der Waals surface area contributed by atoms with Crippen LogP contribution in [0.4, 0.5) is 9.52 Å². The fraction of sp³-hybridized carbons (Fsp3) is 0.300. The topological polar surface area (TPSA) is 126 Å². The molecule has 0 saturated carbocycles. The van der Waals surface area contributed by atoms with Gasteiger partial charge in [-0.3, -0.25) is 9.36 Å². The van der Waals surface area contributed by atoms with Crippen LogP contribution in [0.3, 0.4) is 0 Å². The van der Waals surface area contributed by atoms with E-state index < -0.39 is 35.3 Å². The lowest BCUT2D eigenvalue weighted by Gasteiger charge is -2.19. The van der Waals surface area contributed by atoms with Crippen LogP contribution < -0.4 is 11.0 Å². The Labute approximate surface area is 180 Å². The van der Waals surface area contributed by atoms with Gasteiger partial charge in [0.05, 0.1) is 7.11 Å². The fourth-order valence-corrected chi connectivity index (χ4v) is 3.76. The molecule has 0 aliphatic heterocycles. The number of aromatic amines is 1. The van der Waals surface area contributed by atoms with Crippen LogP contribution in [0.1, 0.15) is 36.8 Å². The first kappa shape index (κ1) is 22.2. The highest BCUT2D eigenvalue weighted by molar-refractivity contribution is 7.14. The van der Waals surface area contributed by atoms with Gasteiger partial charge in [0.25, 0.3) is 0 Å². The summed E-state index contributed by atoms with van der Waals surface area (Å²) >= 11 is 1.01. The van der Waals surface area contributed by atoms with Crippen molar-refractivity contribution in [3.8, 4) is 17.1 Å². The van der Waals surface area contributed by atoms with Gasteiger partial charge in [-0.15, -0.1) is 11.3 Å². The fourth-order valence-electron chi connectivity index (χ4n) is 3.07. The number of nitrogens with zero attached hydrogens (tertiary/aromatic N) is 2. The van der Waals surface area contributed by atoms with Crippen LogP contribution in [-0.4, -0.2) is 38.6 Å². The van der Waals surface area contributed by atoms with Crippen molar-refractivity contribution in [2.75, 3.05) is 12.4 Å². The molecule has 11 heteroatoms. The number of esters is 1. The number of carbonyl (C=O) groups excluding carboxylic acids is 2. The van der Waals surface area contributed by atoms with Gasteiger partial charge in [-0.2, -0.15) is 0 Å². The van der Waals surface area contributed by atoms with Crippen LogP contribution in [0.25, 0.3) is 11.3 Å². The average Bonchev–Trinajstić information content (AvgIpc) is 3.30. The molecule has 0 bridgehead atoms. The van der Waals surface area contributed by atoms with E-state index in [2.05, 4.69) is 20.0 Å². The molecule has 164 valence electrons. The van der Waals surface area contributed by atoms with Crippen molar-refractivity contribution in [3.05, 3.63) is 51.6 Å². The molecule has 1 atom stereocenters. The van der Waals surface area contributed by atoms with Gasteiger partial charge in [0, 0.05) is 10.9 Å². The number of carbonyl (C=O) groups is 2. The van der Waals surface area contributed by atoms with Crippen molar-refractivity contribution < 1.29 is 23.8 Å². The summed E-state index contributed by atoms with van der Waals surface area (Å²) in [5.41, 5.74) is -0.841. The van der Waals surface area contributed by atoms with Crippen molar-refractivity contribution in [1.82, 2.24) is 14.5 Å². The predicted molar refractivity (Wildman–Crippen MR) is 113 cm³/mol. The molecule has 3 rings (SSSR count). The molecule has 0 radical (unpaired) electrons. The van der Waals surface area contributed by atoms with E-state index in [0.29, 0.717) is 0 Å². The summed E-state index contributed by atoms with van der Waals surface area (Å²) in [6.45, 7) is 3.71. The molecule has 31 heavy (non-hydrogen) atoms. The number of H-pyrrole nitrogens is 1. The number of thiazole rings is 1. The lowest BCUT2D eigenvalue weighted by molar-refractivity contribution is -0.119. The third-order valence-electron chi connectivity index (χ3n) is 4.48. The molecule has 0 spiro atoms. The van der Waals surface area contributed by atoms with E-state index in [1.54, 1.807) is 6.07 Å². The van der Waals surface area contributed by atoms with E-state index in [4.69, 9.17) is 0 Å². The standard InChI is InChI=1S/C20H21FN4O5S/c1-10(2)8-14(16(26)24-19-22-13(9-31-19)18(28)30-3)25-17(27)15(23-20(25)29)11-6-4-5-7-12(11)21/h4-7,9-10,14,27H,8H2,1-3H3,(H,23,29)(H,22,24,26)/t14-/m0/s1. The number of hydrogen-bond donors (Lipinski definition) is 3. The van der Waals surface area contributed by atoms with Crippen molar-refractivity contribution in [2.24, 2.45) is 5.92 Å². The van der Waals surface area contributed by atoms with E-state index in [1.807, 2.05) is 13.8 Å². The lowest BCUT2D eigenvalue weighted by Crippen LogP contribution is -2.33. The Balaban J connectivity index is 1.97. The summed E-state index contributed by atoms with van der Waals surface area (Å²) in [7, 11) is 1.22. The third-order valence-corrected chi connectivity index (χ3v) is 5.24. The summed E-state index contributed by atoms with van der Waals surface area (Å²) < 4.78 is 19.7. The Morgan fingerprint density at radius 2 is 2.06 bits per heavy atom. The van der Waals surface area contributed by atoms with Crippen LogP contribution in [-0.2, 0) is 9.53 Å². The molecule has 3 N–H and O–H groups in total. The molecule has 1 aromatic carbocycles. The Morgan fingerprint density at radius 1 is 1.35 bits per heavy atom. The second-order valence-corrected chi connectivity index (χ2v) is 8.00. The van der Waals surface area contributed by atoms with Crippen LogP contribution in [0.5, 0.6) is 5.88 Å². The number of anilines is 1. The smallest absolute Gasteiger partial charge is 0.357 e. The first-order chi connectivity index (χ1) is 14.7. The minimum absolute atomic E-state index is 0.00204. The Bertz CT molecular complexity index is 1170. The van der Waals surface area contributed by atoms with E-state index in [1.165, 1.54) is 30.7 Å². The highest BCUT2D eigenvalue weighted by atomic mass is 32.1. The number of methoxy groups -OCH3 is 1. The van der Waals surface area contributed by atoms with Crippen molar-refractivity contribution in [3.63, 3.8) is 0 Å². The van der Waals surface area contributed by atoms with E-state index in [9.17, 15) is 23.9 Å². The minimum Gasteiger partial charge on any atom is -0.493 e. The molecule has 2 aromatic heterocycles. The SMILES string of the molecule is COC(=O)c1csc(NC(=O)[C@H](CC(C)C)n2c(O)c(-c3ccccc3F)[nH]c2=O)n1. The minimum atomic E-state index is -1.10. The van der Waals surface area contributed by atoms with Crippen molar-refractivity contribution >= 4 is 28.3 Å². The first-order valence-electron chi connectivity index (χ1n) is 9.36. The number of rotatable bonds is 7. The quantitative estimate of drug-likeness (QED) is 0.477. The first-order valence-corrected chi connectivity index (χ1v) is 10.2. The molecule has 9 nitrogen and oxygen atoms in total. The molecule has 1 amide bonds. The Morgan fingerprint density at radius 3 is 2.71 bits per heavy atom. The van der Waals surface area contributed by atoms with E-state index in [0.717, 1.165) is 15.9 Å². The molecule has 0 fully saturated rings. The maximum Gasteiger partial charge on any atom is 0.357 e. The molecule has 0 unspecified atom stereocenters. The molecule has 2 heterocycles. The Hall–Kier alpha value is -3.47. The number of aromatic nitrogens is 3. The number of halogens is 1. The summed E-state index contributed by atoms with van der Waals surface area (Å²) in [6.07, 6.45) is 0.211. The number of aromatic hydroxyl groups is 1. The number of imidazole rings is 1. The van der Waals surface area contributed by atoms with Gasteiger partial charge in [-0.05, 0) is 24.5 Å². The van der Waals surface area contributed by atoms with E-state index in [-0.39, 0.29) is 34.4 Å². The maximum atomic E-state index is 14.2. The normalized spacial score (nSPS) is 12.0. The molecule has 3 aromatic rings. The van der Waals surface area contributed by atoms with Crippen molar-refractivity contribution in [1.29, 1.82) is 0 Å². The van der Waals surface area contributed by atoms with E-state index >= 15 is 0 Å².